The number of benzene rings is 3. The van der Waals surface area contributed by atoms with Crippen molar-refractivity contribution in [2.24, 2.45) is 0 Å². The Labute approximate surface area is 237 Å². The largest absolute Gasteiger partial charge is 0.492 e. The molecule has 0 aliphatic heterocycles. The third-order valence-electron chi connectivity index (χ3n) is 6.75. The monoisotopic (exact) mass is 593 g/mol. The summed E-state index contributed by atoms with van der Waals surface area (Å²) in [7, 11) is 1.86. The summed E-state index contributed by atoms with van der Waals surface area (Å²) in [6.07, 6.45) is 6.28. The molecule has 1 saturated carbocycles. The van der Waals surface area contributed by atoms with Gasteiger partial charge in [0, 0.05) is 24.0 Å². The van der Waals surface area contributed by atoms with Crippen LogP contribution in [0.2, 0.25) is 0 Å². The number of nitrogens with one attached hydrogen (secondary N) is 2. The van der Waals surface area contributed by atoms with E-state index in [1.807, 2.05) is 60.5 Å². The Morgan fingerprint density at radius 1 is 0.974 bits per heavy atom. The van der Waals surface area contributed by atoms with Gasteiger partial charge >= 0.3 is 0 Å². The lowest BCUT2D eigenvalue weighted by molar-refractivity contribution is 0.0697. The van der Waals surface area contributed by atoms with Crippen LogP contribution in [0, 0.1) is 0 Å². The molecule has 0 heterocycles. The third kappa shape index (κ3) is 7.42. The predicted molar refractivity (Wildman–Crippen MR) is 159 cm³/mol. The number of carbonyl (C=O) groups is 2. The number of amides is 2. The molecule has 4 rings (SSSR count). The highest BCUT2D eigenvalue weighted by Crippen LogP contribution is 2.26. The van der Waals surface area contributed by atoms with Gasteiger partial charge in [-0.1, -0.05) is 77.7 Å². The zero-order valence-electron chi connectivity index (χ0n) is 21.4. The van der Waals surface area contributed by atoms with Crippen LogP contribution in [0.15, 0.2) is 77.3 Å². The van der Waals surface area contributed by atoms with Crippen LogP contribution in [0.5, 0.6) is 5.75 Å². The second-order valence-electron chi connectivity index (χ2n) is 9.39. The Kier molecular flexibility index (Phi) is 9.90. The molecule has 0 atom stereocenters. The summed E-state index contributed by atoms with van der Waals surface area (Å²) < 4.78 is 6.70. The zero-order valence-corrected chi connectivity index (χ0v) is 23.8. The lowest BCUT2D eigenvalue weighted by atomic mass is 9.94. The van der Waals surface area contributed by atoms with Crippen LogP contribution < -0.4 is 15.4 Å². The van der Waals surface area contributed by atoms with E-state index < -0.39 is 5.91 Å². The maximum atomic E-state index is 13.3. The third-order valence-corrected chi connectivity index (χ3v) is 7.45. The minimum absolute atomic E-state index is 0.0600. The van der Waals surface area contributed by atoms with E-state index in [0.717, 1.165) is 42.1 Å². The van der Waals surface area contributed by atoms with Crippen LogP contribution in [-0.4, -0.2) is 41.5 Å². The van der Waals surface area contributed by atoms with E-state index >= 15 is 0 Å². The molecule has 0 spiro atoms. The highest BCUT2D eigenvalue weighted by molar-refractivity contribution is 9.10. The summed E-state index contributed by atoms with van der Waals surface area (Å²) in [5, 5.41) is 5.89. The molecule has 8 heteroatoms. The quantitative estimate of drug-likeness (QED) is 0.288. The Bertz CT molecular complexity index is 1280. The van der Waals surface area contributed by atoms with Gasteiger partial charge in [-0.15, -0.1) is 0 Å². The number of ether oxygens (including phenoxy) is 1. The van der Waals surface area contributed by atoms with Crippen molar-refractivity contribution in [2.45, 2.75) is 44.6 Å². The van der Waals surface area contributed by atoms with Gasteiger partial charge in [0.1, 0.15) is 5.75 Å². The van der Waals surface area contributed by atoms with Crippen molar-refractivity contribution in [3.8, 4) is 5.75 Å². The maximum Gasteiger partial charge on any atom is 0.261 e. The van der Waals surface area contributed by atoms with E-state index in [1.165, 1.54) is 6.42 Å². The van der Waals surface area contributed by atoms with Gasteiger partial charge in [0.05, 0.1) is 23.4 Å². The summed E-state index contributed by atoms with van der Waals surface area (Å²) in [5.41, 5.74) is 2.59. The fourth-order valence-corrected chi connectivity index (χ4v) is 5.22. The molecule has 1 aliphatic rings. The van der Waals surface area contributed by atoms with E-state index in [4.69, 9.17) is 17.0 Å². The normalized spacial score (nSPS) is 13.4. The van der Waals surface area contributed by atoms with Crippen molar-refractivity contribution in [1.82, 2.24) is 10.2 Å². The fourth-order valence-electron chi connectivity index (χ4n) is 4.66. The maximum absolute atomic E-state index is 13.3. The fraction of sp³-hybridized carbons (Fsp3) is 0.300. The highest BCUT2D eigenvalue weighted by atomic mass is 79.9. The average Bonchev–Trinajstić information content (AvgIpc) is 2.94. The minimum Gasteiger partial charge on any atom is -0.492 e. The van der Waals surface area contributed by atoms with E-state index in [2.05, 4.69) is 26.6 Å². The summed E-state index contributed by atoms with van der Waals surface area (Å²) in [6, 6.07) is 22.8. The molecule has 0 bridgehead atoms. The van der Waals surface area contributed by atoms with E-state index in [-0.39, 0.29) is 17.1 Å². The number of hydrogen-bond acceptors (Lipinski definition) is 4. The Balaban J connectivity index is 1.41. The molecular formula is C30H32BrN3O3S. The molecule has 3 aromatic carbocycles. The summed E-state index contributed by atoms with van der Waals surface area (Å²) in [6.45, 7) is 0.429. The SMILES string of the molecule is CN(C(=O)c1ccccc1NC(=S)NC(=O)c1cc(Br)ccc1OCCc1ccccc1)C1CCCCC1. The molecule has 3 aromatic rings. The molecule has 38 heavy (non-hydrogen) atoms. The molecule has 1 fully saturated rings. The molecular weight excluding hydrogens is 562 g/mol. The van der Waals surface area contributed by atoms with Crippen LogP contribution in [-0.2, 0) is 6.42 Å². The van der Waals surface area contributed by atoms with Crippen molar-refractivity contribution in [3.63, 3.8) is 0 Å². The molecule has 2 N–H and O–H groups in total. The van der Waals surface area contributed by atoms with Crippen LogP contribution in [0.4, 0.5) is 5.69 Å². The topological polar surface area (TPSA) is 70.7 Å². The Morgan fingerprint density at radius 3 is 2.45 bits per heavy atom. The van der Waals surface area contributed by atoms with Crippen molar-refractivity contribution in [1.29, 1.82) is 0 Å². The van der Waals surface area contributed by atoms with Gasteiger partial charge in [0.25, 0.3) is 11.8 Å². The summed E-state index contributed by atoms with van der Waals surface area (Å²) in [4.78, 5) is 28.3. The first kappa shape index (κ1) is 27.8. The first-order chi connectivity index (χ1) is 18.4. The first-order valence-corrected chi connectivity index (χ1v) is 14.1. The van der Waals surface area contributed by atoms with Gasteiger partial charge in [-0.2, -0.15) is 0 Å². The lowest BCUT2D eigenvalue weighted by Crippen LogP contribution is -2.39. The molecule has 0 aromatic heterocycles. The molecule has 0 unspecified atom stereocenters. The minimum atomic E-state index is -0.401. The number of carbonyl (C=O) groups excluding carboxylic acids is 2. The number of nitrogens with zero attached hydrogens (tertiary/aromatic N) is 1. The Morgan fingerprint density at radius 2 is 1.68 bits per heavy atom. The second-order valence-corrected chi connectivity index (χ2v) is 10.7. The average molecular weight is 595 g/mol. The Hall–Kier alpha value is -3.23. The number of anilines is 1. The van der Waals surface area contributed by atoms with E-state index in [1.54, 1.807) is 24.3 Å². The smallest absolute Gasteiger partial charge is 0.261 e. The van der Waals surface area contributed by atoms with Crippen LogP contribution in [0.1, 0.15) is 58.4 Å². The standard InChI is InChI=1S/C30H32BrN3O3S/c1-34(23-12-6-3-7-13-23)29(36)24-14-8-9-15-26(24)32-30(38)33-28(35)25-20-22(31)16-17-27(25)37-19-18-21-10-4-2-5-11-21/h2,4-5,8-11,14-17,20,23H,3,6-7,12-13,18-19H2,1H3,(H2,32,33,35,38). The number of hydrogen-bond donors (Lipinski definition) is 2. The van der Waals surface area contributed by atoms with Gasteiger partial charge in [-0.3, -0.25) is 14.9 Å². The number of para-hydroxylation sites is 1. The van der Waals surface area contributed by atoms with Crippen LogP contribution in [0.3, 0.4) is 0 Å². The van der Waals surface area contributed by atoms with E-state index in [0.29, 0.717) is 29.2 Å². The van der Waals surface area contributed by atoms with Gasteiger partial charge < -0.3 is 15.0 Å². The van der Waals surface area contributed by atoms with Crippen LogP contribution >= 0.6 is 28.1 Å². The van der Waals surface area contributed by atoms with Crippen molar-refractivity contribution >= 4 is 50.8 Å². The number of halogens is 1. The predicted octanol–water partition coefficient (Wildman–Crippen LogP) is 6.60. The highest BCUT2D eigenvalue weighted by Gasteiger charge is 2.25. The van der Waals surface area contributed by atoms with Crippen molar-refractivity contribution in [2.75, 3.05) is 19.0 Å². The molecule has 0 radical (unpaired) electrons. The lowest BCUT2D eigenvalue weighted by Gasteiger charge is -2.31. The summed E-state index contributed by atoms with van der Waals surface area (Å²) >= 11 is 8.89. The molecule has 198 valence electrons. The summed E-state index contributed by atoms with van der Waals surface area (Å²) in [5.74, 6) is 0.00553. The van der Waals surface area contributed by atoms with Gasteiger partial charge in [0.15, 0.2) is 5.11 Å². The number of rotatable bonds is 8. The second kappa shape index (κ2) is 13.5. The number of thiocarbonyl (C=S) groups is 1. The molecule has 6 nitrogen and oxygen atoms in total. The van der Waals surface area contributed by atoms with Crippen molar-refractivity contribution in [3.05, 3.63) is 94.0 Å². The van der Waals surface area contributed by atoms with Crippen LogP contribution in [0.25, 0.3) is 0 Å². The molecule has 1 aliphatic carbocycles. The first-order valence-electron chi connectivity index (χ1n) is 12.9. The van der Waals surface area contributed by atoms with Gasteiger partial charge in [-0.25, -0.2) is 0 Å². The van der Waals surface area contributed by atoms with E-state index in [9.17, 15) is 9.59 Å². The van der Waals surface area contributed by atoms with Crippen molar-refractivity contribution < 1.29 is 14.3 Å². The molecule has 2 amide bonds. The molecule has 0 saturated heterocycles. The zero-order chi connectivity index (χ0) is 26.9. The van der Waals surface area contributed by atoms with Gasteiger partial charge in [0.2, 0.25) is 0 Å². The van der Waals surface area contributed by atoms with Gasteiger partial charge in [-0.05, 0) is 61.0 Å².